The number of rotatable bonds is 9. The first-order valence-electron chi connectivity index (χ1n) is 23.8. The highest BCUT2D eigenvalue weighted by molar-refractivity contribution is 6.07. The number of anilines is 3. The van der Waals surface area contributed by atoms with Crippen LogP contribution in [0.4, 0.5) is 17.1 Å². The predicted molar refractivity (Wildman–Crippen MR) is 287 cm³/mol. The van der Waals surface area contributed by atoms with E-state index >= 15 is 0 Å². The van der Waals surface area contributed by atoms with E-state index in [0.29, 0.717) is 0 Å². The van der Waals surface area contributed by atoms with Gasteiger partial charge in [0.25, 0.3) is 0 Å². The molecule has 0 fully saturated rings. The lowest BCUT2D eigenvalue weighted by molar-refractivity contribution is 0.669. The lowest BCUT2D eigenvalue weighted by Gasteiger charge is -2.35. The van der Waals surface area contributed by atoms with Crippen molar-refractivity contribution in [2.45, 2.75) is 5.41 Å². The summed E-state index contributed by atoms with van der Waals surface area (Å²) in [6.45, 7) is 0. The summed E-state index contributed by atoms with van der Waals surface area (Å²) in [7, 11) is 0. The van der Waals surface area contributed by atoms with Crippen LogP contribution in [0.15, 0.2) is 277 Å². The van der Waals surface area contributed by atoms with E-state index in [1.54, 1.807) is 0 Å². The van der Waals surface area contributed by atoms with Crippen LogP contribution in [0.1, 0.15) is 22.3 Å². The molecule has 0 unspecified atom stereocenters. The molecule has 11 aromatic carbocycles. The molecule has 0 radical (unpaired) electrons. The van der Waals surface area contributed by atoms with E-state index in [9.17, 15) is 0 Å². The molecule has 0 aliphatic heterocycles. The van der Waals surface area contributed by atoms with Gasteiger partial charge in [-0.2, -0.15) is 0 Å². The molecule has 1 heterocycles. The van der Waals surface area contributed by atoms with Gasteiger partial charge in [-0.05, 0) is 109 Å². The first-order valence-corrected chi connectivity index (χ1v) is 23.8. The van der Waals surface area contributed by atoms with Gasteiger partial charge in [-0.3, -0.25) is 0 Å². The highest BCUT2D eigenvalue weighted by Gasteiger charge is 2.47. The molecule has 0 amide bonds. The number of fused-ring (bicyclic) bond motifs is 6. The lowest BCUT2D eigenvalue weighted by Crippen LogP contribution is -2.28. The highest BCUT2D eigenvalue weighted by atomic mass is 16.3. The van der Waals surface area contributed by atoms with Gasteiger partial charge in [-0.25, -0.2) is 0 Å². The SMILES string of the molecule is c1ccc(-c2ccccc2-c2c(-c3ccccc3)cccc2N(c2ccc(-c3ccc4c(c3)oc3ccccc34)cc2)c2cccc3c2-c2ccccc2C3(c2ccccc2)c2ccccc2)cc1. The average Bonchev–Trinajstić information content (AvgIpc) is 3.96. The summed E-state index contributed by atoms with van der Waals surface area (Å²) in [5.41, 5.74) is 21.1. The number of furan rings is 1. The third-order valence-corrected chi connectivity index (χ3v) is 14.2. The van der Waals surface area contributed by atoms with Gasteiger partial charge in [-0.1, -0.05) is 231 Å². The van der Waals surface area contributed by atoms with E-state index in [2.05, 4.69) is 266 Å². The minimum Gasteiger partial charge on any atom is -0.456 e. The molecule has 2 heteroatoms. The maximum Gasteiger partial charge on any atom is 0.136 e. The molecule has 2 nitrogen and oxygen atoms in total. The Morgan fingerprint density at radius 1 is 0.290 bits per heavy atom. The van der Waals surface area contributed by atoms with Crippen molar-refractivity contribution in [3.8, 4) is 55.6 Å². The van der Waals surface area contributed by atoms with Gasteiger partial charge < -0.3 is 9.32 Å². The zero-order valence-electron chi connectivity index (χ0n) is 37.8. The summed E-state index contributed by atoms with van der Waals surface area (Å²) in [6.07, 6.45) is 0. The number of para-hydroxylation sites is 1. The Morgan fingerprint density at radius 2 is 0.783 bits per heavy atom. The summed E-state index contributed by atoms with van der Waals surface area (Å²) in [4.78, 5) is 2.53. The predicted octanol–water partition coefficient (Wildman–Crippen LogP) is 18.1. The molecule has 0 spiro atoms. The minimum atomic E-state index is -0.566. The van der Waals surface area contributed by atoms with Crippen molar-refractivity contribution in [3.05, 3.63) is 295 Å². The van der Waals surface area contributed by atoms with Crippen LogP contribution in [0.3, 0.4) is 0 Å². The molecule has 1 aliphatic rings. The Labute approximate surface area is 402 Å². The normalized spacial score (nSPS) is 12.5. The third kappa shape index (κ3) is 6.56. The standard InChI is InChI=1S/C67H45NO/c1-5-21-47(22-6-1)53-29-13-14-31-57(53)65-54(48-23-7-2-8-24-48)33-19-36-61(65)68(52-42-39-46(40-43-52)49-41-44-56-55-30-16-18-38-63(55)69-64(56)45-49)62-37-20-35-60-66(62)58-32-15-17-34-59(58)67(60,50-25-9-3-10-26-50)51-27-11-4-12-28-51/h1-45H. The van der Waals surface area contributed by atoms with Gasteiger partial charge in [0.05, 0.1) is 16.8 Å². The molecule has 0 saturated heterocycles. The smallest absolute Gasteiger partial charge is 0.136 e. The molecule has 1 aromatic heterocycles. The fourth-order valence-electron chi connectivity index (χ4n) is 11.2. The largest absolute Gasteiger partial charge is 0.456 e. The Morgan fingerprint density at radius 3 is 1.48 bits per heavy atom. The molecule has 0 atom stereocenters. The van der Waals surface area contributed by atoms with Crippen molar-refractivity contribution in [3.63, 3.8) is 0 Å². The number of hydrogen-bond donors (Lipinski definition) is 0. The van der Waals surface area contributed by atoms with Crippen molar-refractivity contribution in [1.82, 2.24) is 0 Å². The zero-order chi connectivity index (χ0) is 45.7. The molecule has 12 aromatic rings. The van der Waals surface area contributed by atoms with Crippen molar-refractivity contribution >= 4 is 39.0 Å². The van der Waals surface area contributed by atoms with E-state index in [0.717, 1.165) is 72.4 Å². The van der Waals surface area contributed by atoms with Gasteiger partial charge in [0.2, 0.25) is 0 Å². The minimum absolute atomic E-state index is 0.566. The zero-order valence-corrected chi connectivity index (χ0v) is 37.8. The van der Waals surface area contributed by atoms with E-state index in [4.69, 9.17) is 4.42 Å². The molecular formula is C67H45NO. The van der Waals surface area contributed by atoms with E-state index in [-0.39, 0.29) is 0 Å². The number of benzene rings is 11. The van der Waals surface area contributed by atoms with Gasteiger partial charge in [0.1, 0.15) is 11.2 Å². The van der Waals surface area contributed by atoms with Crippen LogP contribution in [0.5, 0.6) is 0 Å². The van der Waals surface area contributed by atoms with Crippen LogP contribution < -0.4 is 4.90 Å². The second-order valence-corrected chi connectivity index (χ2v) is 17.9. The second kappa shape index (κ2) is 16.7. The monoisotopic (exact) mass is 879 g/mol. The van der Waals surface area contributed by atoms with Crippen LogP contribution in [-0.4, -0.2) is 0 Å². The summed E-state index contributed by atoms with van der Waals surface area (Å²) in [6, 6.07) is 99.5. The van der Waals surface area contributed by atoms with Crippen LogP contribution in [0.25, 0.3) is 77.6 Å². The first-order chi connectivity index (χ1) is 34.3. The highest BCUT2D eigenvalue weighted by Crippen LogP contribution is 2.60. The second-order valence-electron chi connectivity index (χ2n) is 17.9. The fourth-order valence-corrected chi connectivity index (χ4v) is 11.2. The molecule has 13 rings (SSSR count). The molecular weight excluding hydrogens is 835 g/mol. The Kier molecular flexibility index (Phi) is 9.77. The molecule has 69 heavy (non-hydrogen) atoms. The average molecular weight is 880 g/mol. The maximum absolute atomic E-state index is 6.38. The van der Waals surface area contributed by atoms with Crippen molar-refractivity contribution in [1.29, 1.82) is 0 Å². The van der Waals surface area contributed by atoms with Gasteiger partial charge in [-0.15, -0.1) is 0 Å². The van der Waals surface area contributed by atoms with E-state index in [1.165, 1.54) is 44.5 Å². The Bertz CT molecular complexity index is 3780. The third-order valence-electron chi connectivity index (χ3n) is 14.2. The number of nitrogens with zero attached hydrogens (tertiary/aromatic N) is 1. The van der Waals surface area contributed by atoms with Gasteiger partial charge in [0.15, 0.2) is 0 Å². The maximum atomic E-state index is 6.38. The Hall–Kier alpha value is -8.98. The van der Waals surface area contributed by atoms with Crippen molar-refractivity contribution in [2.75, 3.05) is 4.90 Å². The van der Waals surface area contributed by atoms with Crippen LogP contribution in [0.2, 0.25) is 0 Å². The first kappa shape index (κ1) is 40.3. The fraction of sp³-hybridized carbons (Fsp3) is 0.0149. The van der Waals surface area contributed by atoms with Gasteiger partial charge >= 0.3 is 0 Å². The summed E-state index contributed by atoms with van der Waals surface area (Å²) >= 11 is 0. The summed E-state index contributed by atoms with van der Waals surface area (Å²) < 4.78 is 6.38. The molecule has 1 aliphatic carbocycles. The quantitative estimate of drug-likeness (QED) is 0.144. The lowest BCUT2D eigenvalue weighted by atomic mass is 9.68. The topological polar surface area (TPSA) is 16.4 Å². The Balaban J connectivity index is 1.10. The molecule has 0 bridgehead atoms. The van der Waals surface area contributed by atoms with E-state index in [1.807, 2.05) is 12.1 Å². The van der Waals surface area contributed by atoms with Crippen LogP contribution >= 0.6 is 0 Å². The summed E-state index contributed by atoms with van der Waals surface area (Å²) in [5.74, 6) is 0. The van der Waals surface area contributed by atoms with Gasteiger partial charge in [0, 0.05) is 27.6 Å². The van der Waals surface area contributed by atoms with Crippen molar-refractivity contribution < 1.29 is 4.42 Å². The van der Waals surface area contributed by atoms with E-state index < -0.39 is 5.41 Å². The molecule has 0 saturated carbocycles. The van der Waals surface area contributed by atoms with Crippen LogP contribution in [-0.2, 0) is 5.41 Å². The summed E-state index contributed by atoms with van der Waals surface area (Å²) in [5, 5.41) is 2.26. The number of hydrogen-bond acceptors (Lipinski definition) is 2. The molecule has 324 valence electrons. The van der Waals surface area contributed by atoms with Crippen LogP contribution in [0, 0.1) is 0 Å². The van der Waals surface area contributed by atoms with Crippen molar-refractivity contribution in [2.24, 2.45) is 0 Å². The molecule has 0 N–H and O–H groups in total.